The highest BCUT2D eigenvalue weighted by molar-refractivity contribution is 9.10. The van der Waals surface area contributed by atoms with Crippen LogP contribution < -0.4 is 5.32 Å². The van der Waals surface area contributed by atoms with Crippen LogP contribution in [0, 0.1) is 0 Å². The van der Waals surface area contributed by atoms with E-state index >= 15 is 0 Å². The zero-order chi connectivity index (χ0) is 14.4. The quantitative estimate of drug-likeness (QED) is 0.774. The summed E-state index contributed by atoms with van der Waals surface area (Å²) in [5.74, 6) is 0. The lowest BCUT2D eigenvalue weighted by atomic mass is 10.0. The largest absolute Gasteiger partial charge is 0.308 e. The minimum atomic E-state index is 0.358. The molecule has 0 amide bonds. The minimum absolute atomic E-state index is 0.358. The molecule has 0 fully saturated rings. The Kier molecular flexibility index (Phi) is 5.81. The summed E-state index contributed by atoms with van der Waals surface area (Å²) in [5, 5.41) is 3.68. The topological polar surface area (TPSA) is 12.0 Å². The van der Waals surface area contributed by atoms with Gasteiger partial charge in [-0.15, -0.1) is 0 Å². The van der Waals surface area contributed by atoms with Crippen LogP contribution in [0.25, 0.3) is 0 Å². The number of rotatable bonds is 6. The molecule has 1 N–H and O–H groups in total. The lowest BCUT2D eigenvalue weighted by Gasteiger charge is -2.21. The van der Waals surface area contributed by atoms with Gasteiger partial charge >= 0.3 is 0 Å². The Morgan fingerprint density at radius 3 is 2.30 bits per heavy atom. The number of aryl methyl sites for hydroxylation is 1. The summed E-state index contributed by atoms with van der Waals surface area (Å²) in [6.07, 6.45) is 2.27. The molecule has 0 saturated heterocycles. The normalized spacial score (nSPS) is 13.9. The second kappa shape index (κ2) is 7.61. The fourth-order valence-electron chi connectivity index (χ4n) is 2.45. The second-order valence-corrected chi connectivity index (χ2v) is 6.19. The molecule has 0 spiro atoms. The van der Waals surface area contributed by atoms with Crippen LogP contribution in [-0.2, 0) is 6.42 Å². The van der Waals surface area contributed by atoms with E-state index in [1.807, 2.05) is 0 Å². The molecule has 0 aliphatic carbocycles. The van der Waals surface area contributed by atoms with Gasteiger partial charge in [-0.2, -0.15) is 0 Å². The molecule has 0 saturated carbocycles. The van der Waals surface area contributed by atoms with E-state index in [0.29, 0.717) is 12.1 Å². The monoisotopic (exact) mass is 331 g/mol. The maximum atomic E-state index is 3.68. The van der Waals surface area contributed by atoms with Gasteiger partial charge < -0.3 is 5.32 Å². The molecule has 0 aromatic heterocycles. The Hall–Kier alpha value is -1.12. The molecule has 1 unspecified atom stereocenters. The Balaban J connectivity index is 1.85. The summed E-state index contributed by atoms with van der Waals surface area (Å²) >= 11 is 3.62. The molecule has 0 bridgehead atoms. The summed E-state index contributed by atoms with van der Waals surface area (Å²) in [7, 11) is 0. The zero-order valence-corrected chi connectivity index (χ0v) is 13.7. The minimum Gasteiger partial charge on any atom is -0.308 e. The maximum Gasteiger partial charge on any atom is 0.0305 e. The predicted octanol–water partition coefficient (Wildman–Crippen LogP) is 5.12. The van der Waals surface area contributed by atoms with Crippen molar-refractivity contribution in [2.75, 3.05) is 0 Å². The van der Waals surface area contributed by atoms with Crippen LogP contribution in [-0.4, -0.2) is 6.04 Å². The Labute approximate surface area is 130 Å². The van der Waals surface area contributed by atoms with Crippen molar-refractivity contribution in [2.24, 2.45) is 0 Å². The second-order valence-electron chi connectivity index (χ2n) is 5.34. The van der Waals surface area contributed by atoms with Gasteiger partial charge in [0.05, 0.1) is 0 Å². The predicted molar refractivity (Wildman–Crippen MR) is 89.9 cm³/mol. The third kappa shape index (κ3) is 4.46. The third-order valence-electron chi connectivity index (χ3n) is 3.62. The van der Waals surface area contributed by atoms with Crippen molar-refractivity contribution >= 4 is 15.9 Å². The van der Waals surface area contributed by atoms with E-state index in [9.17, 15) is 0 Å². The highest BCUT2D eigenvalue weighted by Gasteiger charge is 2.11. The van der Waals surface area contributed by atoms with Crippen LogP contribution in [0.15, 0.2) is 59.1 Å². The molecule has 2 aromatic rings. The molecule has 2 heteroatoms. The lowest BCUT2D eigenvalue weighted by molar-refractivity contribution is 0.455. The number of hydrogen-bond donors (Lipinski definition) is 1. The molecule has 0 heterocycles. The van der Waals surface area contributed by atoms with E-state index in [4.69, 9.17) is 0 Å². The summed E-state index contributed by atoms with van der Waals surface area (Å²) in [6, 6.07) is 20.0. The molecule has 106 valence electrons. The molecule has 0 radical (unpaired) electrons. The van der Waals surface area contributed by atoms with Crippen LogP contribution >= 0.6 is 15.9 Å². The van der Waals surface area contributed by atoms with Crippen molar-refractivity contribution in [3.63, 3.8) is 0 Å². The van der Waals surface area contributed by atoms with Crippen molar-refractivity contribution in [3.05, 3.63) is 70.2 Å². The first-order chi connectivity index (χ1) is 9.66. The fraction of sp³-hybridized carbons (Fsp3) is 0.333. The molecule has 2 aromatic carbocycles. The summed E-state index contributed by atoms with van der Waals surface area (Å²) in [5.41, 5.74) is 2.73. The molecule has 1 nitrogen and oxygen atoms in total. The van der Waals surface area contributed by atoms with Gasteiger partial charge in [-0.3, -0.25) is 0 Å². The van der Waals surface area contributed by atoms with Crippen LogP contribution in [0.3, 0.4) is 0 Å². The average molecular weight is 332 g/mol. The maximum absolute atomic E-state index is 3.68. The smallest absolute Gasteiger partial charge is 0.0305 e. The summed E-state index contributed by atoms with van der Waals surface area (Å²) in [4.78, 5) is 0. The molecule has 2 atom stereocenters. The molecular formula is C18H22BrN. The highest BCUT2D eigenvalue weighted by Crippen LogP contribution is 2.23. The van der Waals surface area contributed by atoms with Gasteiger partial charge in [-0.25, -0.2) is 0 Å². The van der Waals surface area contributed by atoms with Crippen LogP contribution in [0.1, 0.15) is 37.4 Å². The first-order valence-corrected chi connectivity index (χ1v) is 8.00. The Morgan fingerprint density at radius 1 is 0.950 bits per heavy atom. The van der Waals surface area contributed by atoms with Gasteiger partial charge in [0.25, 0.3) is 0 Å². The van der Waals surface area contributed by atoms with Crippen molar-refractivity contribution in [2.45, 2.75) is 38.8 Å². The number of halogens is 1. The zero-order valence-electron chi connectivity index (χ0n) is 12.1. The van der Waals surface area contributed by atoms with Gasteiger partial charge in [0.2, 0.25) is 0 Å². The molecule has 20 heavy (non-hydrogen) atoms. The van der Waals surface area contributed by atoms with Crippen molar-refractivity contribution in [1.82, 2.24) is 5.32 Å². The van der Waals surface area contributed by atoms with E-state index in [1.54, 1.807) is 0 Å². The third-order valence-corrected chi connectivity index (χ3v) is 4.34. The van der Waals surface area contributed by atoms with E-state index in [-0.39, 0.29) is 0 Å². The van der Waals surface area contributed by atoms with Crippen molar-refractivity contribution in [1.29, 1.82) is 0 Å². The Morgan fingerprint density at radius 2 is 1.60 bits per heavy atom. The molecule has 2 rings (SSSR count). The lowest BCUT2D eigenvalue weighted by Crippen LogP contribution is -2.29. The van der Waals surface area contributed by atoms with Crippen LogP contribution in [0.4, 0.5) is 0 Å². The summed E-state index contributed by atoms with van der Waals surface area (Å²) < 4.78 is 1.18. The van der Waals surface area contributed by atoms with Crippen LogP contribution in [0.2, 0.25) is 0 Å². The number of benzene rings is 2. The SMILES string of the molecule is CC(CCc1ccccc1)N[C@H](C)c1ccccc1Br. The first-order valence-electron chi connectivity index (χ1n) is 7.21. The van der Waals surface area contributed by atoms with Crippen molar-refractivity contribution in [3.8, 4) is 0 Å². The molecule has 0 aliphatic rings. The Bertz CT molecular complexity index is 524. The fourth-order valence-corrected chi connectivity index (χ4v) is 3.08. The molecular weight excluding hydrogens is 310 g/mol. The van der Waals surface area contributed by atoms with Crippen molar-refractivity contribution < 1.29 is 0 Å². The van der Waals surface area contributed by atoms with E-state index in [1.165, 1.54) is 15.6 Å². The van der Waals surface area contributed by atoms with E-state index in [2.05, 4.69) is 89.7 Å². The number of hydrogen-bond acceptors (Lipinski definition) is 1. The van der Waals surface area contributed by atoms with Gasteiger partial charge in [0, 0.05) is 16.6 Å². The highest BCUT2D eigenvalue weighted by atomic mass is 79.9. The number of nitrogens with one attached hydrogen (secondary N) is 1. The van der Waals surface area contributed by atoms with E-state index in [0.717, 1.165) is 12.8 Å². The van der Waals surface area contributed by atoms with Gasteiger partial charge in [-0.05, 0) is 43.9 Å². The van der Waals surface area contributed by atoms with Gasteiger partial charge in [-0.1, -0.05) is 64.5 Å². The van der Waals surface area contributed by atoms with Gasteiger partial charge in [0.15, 0.2) is 0 Å². The van der Waals surface area contributed by atoms with Crippen LogP contribution in [0.5, 0.6) is 0 Å². The van der Waals surface area contributed by atoms with Gasteiger partial charge in [0.1, 0.15) is 0 Å². The average Bonchev–Trinajstić information content (AvgIpc) is 2.46. The molecule has 0 aliphatic heterocycles. The summed E-state index contributed by atoms with van der Waals surface area (Å²) in [6.45, 7) is 4.48. The van der Waals surface area contributed by atoms with E-state index < -0.39 is 0 Å². The standard InChI is InChI=1S/C18H22BrN/c1-14(12-13-16-8-4-3-5-9-16)20-15(2)17-10-6-7-11-18(17)19/h3-11,14-15,20H,12-13H2,1-2H3/t14?,15-/m1/s1. The first kappa shape index (κ1) is 15.3.